The Bertz CT molecular complexity index is 3650. The minimum Gasteiger partial charge on any atom is -0.394 e. The first kappa shape index (κ1) is 110. The first-order valence-electron chi connectivity index (χ1n) is 42.7. The molecule has 0 aromatic rings. The Labute approximate surface area is 757 Å². The molecule has 60 heteroatoms. The number of carbonyl (C=O) groups is 4. The van der Waals surface area contributed by atoms with E-state index in [1.165, 1.54) is 0 Å². The molecule has 0 aromatic heterocycles. The van der Waals surface area contributed by atoms with E-state index in [2.05, 4.69) is 21.3 Å². The zero-order valence-corrected chi connectivity index (χ0v) is 71.6. The summed E-state index contributed by atoms with van der Waals surface area (Å²) >= 11 is 0. The Kier molecular flexibility index (Phi) is 39.7. The van der Waals surface area contributed by atoms with E-state index in [-0.39, 0.29) is 0 Å². The van der Waals surface area contributed by atoms with E-state index in [0.29, 0.717) is 0 Å². The summed E-state index contributed by atoms with van der Waals surface area (Å²) in [6.45, 7) is -9.10. The number of hydrogen-bond acceptors (Lipinski definition) is 56. The van der Waals surface area contributed by atoms with Crippen molar-refractivity contribution in [2.45, 2.75) is 365 Å². The van der Waals surface area contributed by atoms with Gasteiger partial charge in [0.1, 0.15) is 268 Å². The highest BCUT2D eigenvalue weighted by atomic mass is 16.8. The fourth-order valence-electron chi connectivity index (χ4n) is 17.3. The van der Waals surface area contributed by atoms with Crippen LogP contribution in [0.25, 0.3) is 0 Å². The van der Waals surface area contributed by atoms with E-state index in [9.17, 15) is 177 Å². The van der Waals surface area contributed by atoms with Crippen LogP contribution < -0.4 is 21.3 Å². The Morgan fingerprint density at radius 2 is 0.403 bits per heavy atom. The molecule has 11 saturated heterocycles. The summed E-state index contributed by atoms with van der Waals surface area (Å²) in [5.41, 5.74) is 0. The van der Waals surface area contributed by atoms with Gasteiger partial charge in [0.05, 0.1) is 72.7 Å². The van der Waals surface area contributed by atoms with Crippen LogP contribution in [-0.4, -0.2) is 592 Å². The lowest BCUT2D eigenvalue weighted by atomic mass is 9.93. The number of amides is 4. The van der Waals surface area contributed by atoms with Crippen molar-refractivity contribution < 1.29 is 277 Å². The lowest BCUT2D eigenvalue weighted by molar-refractivity contribution is -0.406. The fourth-order valence-corrected chi connectivity index (χ4v) is 17.3. The van der Waals surface area contributed by atoms with E-state index >= 15 is 0 Å². The molecule has 1 unspecified atom stereocenters. The maximum Gasteiger partial charge on any atom is 0.217 e. The van der Waals surface area contributed by atoms with E-state index in [4.69, 9.17) is 99.5 Å². The average Bonchev–Trinajstić information content (AvgIpc) is 0.761. The number of aliphatic hydroxyl groups excluding tert-OH is 31. The summed E-state index contributed by atoms with van der Waals surface area (Å²) in [5.74, 6) is -3.92. The second-order valence-electron chi connectivity index (χ2n) is 33.8. The van der Waals surface area contributed by atoms with Gasteiger partial charge in [-0.15, -0.1) is 0 Å². The molecule has 0 aliphatic carbocycles. The van der Waals surface area contributed by atoms with Crippen molar-refractivity contribution in [2.24, 2.45) is 0 Å². The molecule has 0 spiro atoms. The van der Waals surface area contributed by atoms with Crippen molar-refractivity contribution in [3.05, 3.63) is 0 Å². The van der Waals surface area contributed by atoms with Gasteiger partial charge >= 0.3 is 0 Å². The van der Waals surface area contributed by atoms with Gasteiger partial charge in [-0.25, -0.2) is 0 Å². The fraction of sp³-hybridized carbons (Fsp3) is 0.946. The van der Waals surface area contributed by atoms with Gasteiger partial charge in [-0.1, -0.05) is 0 Å². The Hall–Kier alpha value is -4.20. The topological polar surface area (TPSA) is 937 Å². The maximum atomic E-state index is 13.4. The smallest absolute Gasteiger partial charge is 0.217 e. The van der Waals surface area contributed by atoms with E-state index in [1.54, 1.807) is 0 Å². The molecule has 11 fully saturated rings. The molecule has 0 saturated carbocycles. The highest BCUT2D eigenvalue weighted by Crippen LogP contribution is 2.42. The largest absolute Gasteiger partial charge is 0.394 e. The monoisotopic (exact) mass is 1960 g/mol. The van der Waals surface area contributed by atoms with Crippen LogP contribution >= 0.6 is 0 Å². The molecule has 11 rings (SSSR count). The van der Waals surface area contributed by atoms with Gasteiger partial charge in [0, 0.05) is 27.7 Å². The molecule has 0 radical (unpaired) electrons. The Balaban J connectivity index is 0.985. The Morgan fingerprint density at radius 1 is 0.194 bits per heavy atom. The predicted molar refractivity (Wildman–Crippen MR) is 409 cm³/mol. The highest BCUT2D eigenvalue weighted by molar-refractivity contribution is 5.74. The van der Waals surface area contributed by atoms with Gasteiger partial charge in [-0.2, -0.15) is 0 Å². The molecule has 11 heterocycles. The molecule has 11 aliphatic rings. The van der Waals surface area contributed by atoms with Crippen LogP contribution in [0.3, 0.4) is 0 Å². The van der Waals surface area contributed by atoms with Gasteiger partial charge in [0.2, 0.25) is 23.6 Å². The molecule has 11 aliphatic heterocycles. The van der Waals surface area contributed by atoms with Gasteiger partial charge in [-0.3, -0.25) is 19.2 Å². The van der Waals surface area contributed by atoms with E-state index < -0.39 is 434 Å². The molecule has 776 valence electrons. The molecule has 134 heavy (non-hydrogen) atoms. The van der Waals surface area contributed by atoms with E-state index in [1.807, 2.05) is 0 Å². The van der Waals surface area contributed by atoms with Crippen LogP contribution in [0.4, 0.5) is 0 Å². The third-order valence-electron chi connectivity index (χ3n) is 24.6. The second kappa shape index (κ2) is 48.3. The number of aliphatic hydroxyl groups is 31. The molecular formula is C74H124N4O56. The average molecular weight is 1970 g/mol. The lowest BCUT2D eigenvalue weighted by Gasteiger charge is -2.52. The first-order chi connectivity index (χ1) is 63.4. The van der Waals surface area contributed by atoms with E-state index in [0.717, 1.165) is 27.7 Å². The summed E-state index contributed by atoms with van der Waals surface area (Å²) in [7, 11) is 0. The quantitative estimate of drug-likeness (QED) is 0.0280. The van der Waals surface area contributed by atoms with Gasteiger partial charge in [0.25, 0.3) is 0 Å². The van der Waals surface area contributed by atoms with Crippen molar-refractivity contribution in [2.75, 3.05) is 72.7 Å². The number of nitrogens with one attached hydrogen (secondary N) is 4. The van der Waals surface area contributed by atoms with Crippen molar-refractivity contribution in [3.63, 3.8) is 0 Å². The van der Waals surface area contributed by atoms with Crippen LogP contribution in [0.5, 0.6) is 0 Å². The molecular weight excluding hydrogens is 1840 g/mol. The number of rotatable bonds is 35. The molecule has 55 atom stereocenters. The minimum absolute atomic E-state index is 0.830. The van der Waals surface area contributed by atoms with Crippen LogP contribution in [0.1, 0.15) is 27.7 Å². The van der Waals surface area contributed by atoms with Gasteiger partial charge < -0.3 is 279 Å². The van der Waals surface area contributed by atoms with Gasteiger partial charge in [0.15, 0.2) is 69.2 Å². The molecule has 0 bridgehead atoms. The van der Waals surface area contributed by atoms with Crippen LogP contribution in [-0.2, 0) is 119 Å². The normalized spacial score (nSPS) is 49.8. The standard InChI is InChI=1S/C74H124N4O56/c1-16(88)75-31-41(98)56(24(9-83)116-64(31)113)127-65-32(76-17(2)89)43(100)59(27(12-86)121-65)131-73-55(112)62(40(97)30(126-73)15-115-69-54(111)61(132-72-52(109)48(105)38(95)23(8-82)120-72)39(96)29(125-69)14-114-68-49(106)45(102)35(92)20(5-79)117-68)133-74-63(134-67-34(78-19(4)91)44(101)58(26(11-85)123-67)130-71-51(108)47(104)37(94)22(7-81)119-71)53(110)60(28(13-87)124-74)128-66-33(77-18(3)90)42(99)57(25(10-84)122-66)129-70-50(107)46(103)36(93)21(6-80)118-70/h20-74,79-87,92-113H,5-15H2,1-4H3,(H,75,88)(H,76,89)(H,77,90)(H,78,91)/t20-,21-,22-,23-,24-,25-,26-,27-,28-,29-,30-,31-,32-,33-,34-,35-,36+,37+,38-,39-,40-,41-,42-,43-,44-,45+,46+,47+,48+,49+,50-,51-,52+,53+,54+,55+,56-,57-,58-,59-,60-,61+,62+,63+,64?,65+,66+,67+,68+,69+,70+,71+,72-,73+,74-/m1/s1. The summed E-state index contributed by atoms with van der Waals surface area (Å²) in [5, 5.41) is 357. The SMILES string of the molecule is CC(=O)N[C@H]1[C@H](O[C@H]2[C@H](O)[C@@H](NC(C)=O)C(O)O[C@@H]2CO)O[C@H](CO)[C@@H](O[C@@H]2O[C@H](CO[C@H]3O[C@H](CO[C@H]4O[C@H](CO)[C@@H](O)[C@H](O)[C@@H]4O)[C@@H](O)[C@H](O[C@H]4O[C@H](CO)[C@@H](O)[C@H](O)[C@@H]4O)[C@@H]3O)[C@@H](O)[C@H](O[C@H]3O[C@H](CO)[C@@H](O[C@@H]4O[C@H](CO)[C@@H](O[C@@H]5O[C@H](CO)[C@H](O)[C@H](O)[C@H]5O)[C@H](O)[C@H]4NC(C)=O)[C@H](O)[C@@H]3O[C@@H]3O[C@H](CO)[C@@H](O[C@@H]4O[C@H](CO)[C@H](O)[C@H](O)[C@H]4O)[C@H](O)[C@H]3NC(C)=O)[C@@H]2O)[C@@H]1O. The Morgan fingerprint density at radius 3 is 0.724 bits per heavy atom. The molecule has 0 aromatic carbocycles. The molecule has 60 nitrogen and oxygen atoms in total. The minimum atomic E-state index is -2.75. The van der Waals surface area contributed by atoms with Gasteiger partial charge in [-0.05, 0) is 0 Å². The molecule has 35 N–H and O–H groups in total. The van der Waals surface area contributed by atoms with Crippen LogP contribution in [0, 0.1) is 0 Å². The number of ether oxygens (including phenoxy) is 21. The zero-order chi connectivity index (χ0) is 98.5. The summed E-state index contributed by atoms with van der Waals surface area (Å²) in [4.78, 5) is 52.1. The second-order valence-corrected chi connectivity index (χ2v) is 33.8. The first-order valence-corrected chi connectivity index (χ1v) is 42.7. The summed E-state index contributed by atoms with van der Waals surface area (Å²) in [6.07, 6.45) is -111. The third kappa shape index (κ3) is 24.1. The third-order valence-corrected chi connectivity index (χ3v) is 24.6. The van der Waals surface area contributed by atoms with Crippen molar-refractivity contribution in [3.8, 4) is 0 Å². The maximum absolute atomic E-state index is 13.4. The predicted octanol–water partition coefficient (Wildman–Crippen LogP) is -24.4. The molecule has 4 amide bonds. The van der Waals surface area contributed by atoms with Crippen molar-refractivity contribution in [1.29, 1.82) is 0 Å². The van der Waals surface area contributed by atoms with Crippen LogP contribution in [0.2, 0.25) is 0 Å². The summed E-state index contributed by atoms with van der Waals surface area (Å²) in [6, 6.07) is -7.93. The summed E-state index contributed by atoms with van der Waals surface area (Å²) < 4.78 is 125. The number of hydrogen-bond donors (Lipinski definition) is 35. The van der Waals surface area contributed by atoms with Crippen molar-refractivity contribution in [1.82, 2.24) is 21.3 Å². The van der Waals surface area contributed by atoms with Crippen molar-refractivity contribution >= 4 is 23.6 Å². The lowest BCUT2D eigenvalue weighted by Crippen LogP contribution is -2.71. The van der Waals surface area contributed by atoms with Crippen LogP contribution in [0.15, 0.2) is 0 Å². The zero-order valence-electron chi connectivity index (χ0n) is 71.6. The highest BCUT2D eigenvalue weighted by Gasteiger charge is 2.63. The number of carbonyl (C=O) groups excluding carboxylic acids is 4.